The normalized spacial score (nSPS) is 12.0. The summed E-state index contributed by atoms with van der Waals surface area (Å²) < 4.78 is 23.5. The van der Waals surface area contributed by atoms with Crippen LogP contribution < -0.4 is 29.2 Å². The molecule has 0 spiro atoms. The van der Waals surface area contributed by atoms with E-state index < -0.39 is 23.4 Å². The number of nitrogens with one attached hydrogen (secondary N) is 1. The van der Waals surface area contributed by atoms with Gasteiger partial charge in [0.2, 0.25) is 17.6 Å². The second-order valence-corrected chi connectivity index (χ2v) is 10.3. The maximum Gasteiger partial charge on any atom is 0.249 e. The average molecular weight is 562 g/mol. The van der Waals surface area contributed by atoms with Gasteiger partial charge in [0.05, 0.1) is 34.0 Å². The fourth-order valence-corrected chi connectivity index (χ4v) is 4.53. The lowest BCUT2D eigenvalue weighted by Crippen LogP contribution is -2.50. The monoisotopic (exact) mass is 561 g/mol. The van der Waals surface area contributed by atoms with Crippen LogP contribution in [0.4, 0.5) is 5.69 Å². The van der Waals surface area contributed by atoms with E-state index >= 15 is 0 Å². The largest absolute Gasteiger partial charge is 0.497 e. The Morgan fingerprint density at radius 1 is 0.902 bits per heavy atom. The molecule has 0 aliphatic heterocycles. The van der Waals surface area contributed by atoms with Crippen LogP contribution in [0.1, 0.15) is 32.4 Å². The van der Waals surface area contributed by atoms with Crippen LogP contribution in [-0.2, 0) is 16.1 Å². The van der Waals surface area contributed by atoms with Gasteiger partial charge in [-0.05, 0) is 74.9 Å². The van der Waals surface area contributed by atoms with Crippen molar-refractivity contribution in [1.82, 2.24) is 20.3 Å². The molecule has 0 saturated heterocycles. The van der Waals surface area contributed by atoms with Crippen LogP contribution in [0.25, 0.3) is 11.0 Å². The third-order valence-electron chi connectivity index (χ3n) is 6.33. The van der Waals surface area contributed by atoms with E-state index in [0.717, 1.165) is 0 Å². The third-order valence-corrected chi connectivity index (χ3v) is 6.33. The molecule has 0 aliphatic rings. The summed E-state index contributed by atoms with van der Waals surface area (Å²) in [5.74, 6) is 0.865. The SMILES string of the molecule is COc1ccc(N(C(=O)Cn2nnc3ccccc32)[C@H](C(=O)NC(C)(C)C)c2cc(OC)c(OC)c(OC)c2)cc1. The Morgan fingerprint density at radius 2 is 1.54 bits per heavy atom. The van der Waals surface area contributed by atoms with Crippen molar-refractivity contribution in [3.8, 4) is 23.0 Å². The molecule has 0 aliphatic carbocycles. The second kappa shape index (κ2) is 12.2. The smallest absolute Gasteiger partial charge is 0.249 e. The van der Waals surface area contributed by atoms with Gasteiger partial charge in [0.1, 0.15) is 23.9 Å². The molecule has 4 rings (SSSR count). The quantitative estimate of drug-likeness (QED) is 0.307. The first-order chi connectivity index (χ1) is 19.6. The van der Waals surface area contributed by atoms with Gasteiger partial charge < -0.3 is 24.3 Å². The fourth-order valence-electron chi connectivity index (χ4n) is 4.53. The first-order valence-electron chi connectivity index (χ1n) is 13.0. The van der Waals surface area contributed by atoms with Gasteiger partial charge in [-0.2, -0.15) is 0 Å². The van der Waals surface area contributed by atoms with Gasteiger partial charge in [-0.1, -0.05) is 17.3 Å². The summed E-state index contributed by atoms with van der Waals surface area (Å²) in [5, 5.41) is 11.4. The standard InChI is InChI=1S/C30H35N5O6/c1-30(2,3)31-29(37)27(19-16-24(39-5)28(41-7)25(17-19)40-6)35(20-12-14-21(38-4)15-13-20)26(36)18-34-23-11-9-8-10-22(23)32-33-34/h8-17,27H,18H2,1-7H3,(H,31,37)/t27-/m0/s1. The molecule has 0 saturated carbocycles. The van der Waals surface area contributed by atoms with Crippen molar-refractivity contribution in [2.75, 3.05) is 33.3 Å². The van der Waals surface area contributed by atoms with Gasteiger partial charge in [0, 0.05) is 11.2 Å². The Kier molecular flexibility index (Phi) is 8.65. The summed E-state index contributed by atoms with van der Waals surface area (Å²) in [6.45, 7) is 5.45. The molecule has 41 heavy (non-hydrogen) atoms. The van der Waals surface area contributed by atoms with Crippen LogP contribution >= 0.6 is 0 Å². The molecule has 2 amide bonds. The van der Waals surface area contributed by atoms with E-state index in [4.69, 9.17) is 18.9 Å². The molecule has 0 radical (unpaired) electrons. The van der Waals surface area contributed by atoms with E-state index in [0.29, 0.717) is 45.3 Å². The summed E-state index contributed by atoms with van der Waals surface area (Å²) >= 11 is 0. The Balaban J connectivity index is 1.91. The van der Waals surface area contributed by atoms with Gasteiger partial charge in [-0.3, -0.25) is 14.5 Å². The fraction of sp³-hybridized carbons (Fsp3) is 0.333. The average Bonchev–Trinajstić information content (AvgIpc) is 3.36. The molecule has 216 valence electrons. The highest BCUT2D eigenvalue weighted by Gasteiger charge is 2.36. The highest BCUT2D eigenvalue weighted by atomic mass is 16.5. The van der Waals surface area contributed by atoms with Gasteiger partial charge in [-0.15, -0.1) is 5.10 Å². The molecule has 3 aromatic carbocycles. The Bertz CT molecular complexity index is 1500. The van der Waals surface area contributed by atoms with Crippen molar-refractivity contribution in [1.29, 1.82) is 0 Å². The minimum atomic E-state index is -1.13. The predicted octanol–water partition coefficient (Wildman–Crippen LogP) is 4.15. The summed E-state index contributed by atoms with van der Waals surface area (Å²) in [7, 11) is 6.05. The van der Waals surface area contributed by atoms with Crippen LogP contribution in [0.5, 0.6) is 23.0 Å². The molecule has 11 heteroatoms. The lowest BCUT2D eigenvalue weighted by molar-refractivity contribution is -0.128. The van der Waals surface area contributed by atoms with Crippen LogP contribution in [0.15, 0.2) is 60.7 Å². The van der Waals surface area contributed by atoms with E-state index in [1.807, 2.05) is 45.0 Å². The molecular weight excluding hydrogens is 526 g/mol. The number of rotatable bonds is 10. The highest BCUT2D eigenvalue weighted by Crippen LogP contribution is 2.42. The minimum absolute atomic E-state index is 0.170. The number of benzene rings is 3. The molecule has 0 unspecified atom stereocenters. The number of amides is 2. The van der Waals surface area contributed by atoms with E-state index in [1.54, 1.807) is 43.5 Å². The summed E-state index contributed by atoms with van der Waals surface area (Å²) in [6, 6.07) is 16.5. The number of ether oxygens (including phenoxy) is 4. The molecule has 1 heterocycles. The zero-order chi connectivity index (χ0) is 29.7. The third kappa shape index (κ3) is 6.34. The van der Waals surface area contributed by atoms with Crippen molar-refractivity contribution in [3.05, 3.63) is 66.2 Å². The number of aromatic nitrogens is 3. The van der Waals surface area contributed by atoms with Crippen molar-refractivity contribution in [3.63, 3.8) is 0 Å². The van der Waals surface area contributed by atoms with Crippen LogP contribution in [0.2, 0.25) is 0 Å². The number of para-hydroxylation sites is 1. The summed E-state index contributed by atoms with van der Waals surface area (Å²) in [5.41, 5.74) is 1.69. The second-order valence-electron chi connectivity index (χ2n) is 10.3. The summed E-state index contributed by atoms with van der Waals surface area (Å²) in [6.07, 6.45) is 0. The highest BCUT2D eigenvalue weighted by molar-refractivity contribution is 6.02. The Labute approximate surface area is 238 Å². The van der Waals surface area contributed by atoms with Gasteiger partial charge in [0.15, 0.2) is 11.5 Å². The zero-order valence-electron chi connectivity index (χ0n) is 24.3. The van der Waals surface area contributed by atoms with E-state index in [1.165, 1.54) is 30.9 Å². The lowest BCUT2D eigenvalue weighted by atomic mass is 9.99. The number of methoxy groups -OCH3 is 4. The van der Waals surface area contributed by atoms with Gasteiger partial charge in [-0.25, -0.2) is 4.68 Å². The Hall–Kier alpha value is -4.80. The first kappa shape index (κ1) is 29.2. The predicted molar refractivity (Wildman–Crippen MR) is 155 cm³/mol. The van der Waals surface area contributed by atoms with E-state index in [2.05, 4.69) is 15.6 Å². The first-order valence-corrected chi connectivity index (χ1v) is 13.0. The molecule has 1 N–H and O–H groups in total. The molecule has 1 atom stereocenters. The minimum Gasteiger partial charge on any atom is -0.497 e. The van der Waals surface area contributed by atoms with Crippen LogP contribution in [0.3, 0.4) is 0 Å². The van der Waals surface area contributed by atoms with Crippen LogP contribution in [-0.4, -0.2) is 60.8 Å². The number of carbonyl (C=O) groups excluding carboxylic acids is 2. The van der Waals surface area contributed by atoms with E-state index in [-0.39, 0.29) is 6.54 Å². The number of hydrogen-bond donors (Lipinski definition) is 1. The van der Waals surface area contributed by atoms with E-state index in [9.17, 15) is 9.59 Å². The molecule has 4 aromatic rings. The number of fused-ring (bicyclic) bond motifs is 1. The number of nitrogens with zero attached hydrogens (tertiary/aromatic N) is 4. The van der Waals surface area contributed by atoms with Crippen molar-refractivity contribution in [2.45, 2.75) is 38.9 Å². The molecule has 11 nitrogen and oxygen atoms in total. The van der Waals surface area contributed by atoms with Gasteiger partial charge >= 0.3 is 0 Å². The molecule has 0 bridgehead atoms. The topological polar surface area (TPSA) is 117 Å². The zero-order valence-corrected chi connectivity index (χ0v) is 24.3. The number of hydrogen-bond acceptors (Lipinski definition) is 8. The maximum atomic E-state index is 14.3. The number of anilines is 1. The lowest BCUT2D eigenvalue weighted by Gasteiger charge is -2.34. The van der Waals surface area contributed by atoms with Crippen molar-refractivity contribution in [2.24, 2.45) is 0 Å². The van der Waals surface area contributed by atoms with Crippen molar-refractivity contribution < 1.29 is 28.5 Å². The van der Waals surface area contributed by atoms with Crippen LogP contribution in [0, 0.1) is 0 Å². The molecule has 1 aromatic heterocycles. The summed E-state index contributed by atoms with van der Waals surface area (Å²) in [4.78, 5) is 29.8. The van der Waals surface area contributed by atoms with Crippen molar-refractivity contribution >= 4 is 28.5 Å². The molecule has 0 fully saturated rings. The Morgan fingerprint density at radius 3 is 2.10 bits per heavy atom. The maximum absolute atomic E-state index is 14.3. The molecular formula is C30H35N5O6. The number of carbonyl (C=O) groups is 2. The van der Waals surface area contributed by atoms with Gasteiger partial charge in [0.25, 0.3) is 0 Å².